The summed E-state index contributed by atoms with van der Waals surface area (Å²) in [6.45, 7) is 9.51. The number of fused-ring (bicyclic) bond motifs is 9. The number of rotatable bonds is 0. The van der Waals surface area contributed by atoms with Gasteiger partial charge in [-0.15, -0.1) is 10.2 Å². The number of hydrogen-bond donors (Lipinski definition) is 0. The second-order valence-electron chi connectivity index (χ2n) is 13.9. The molecule has 59 heavy (non-hydrogen) atoms. The summed E-state index contributed by atoms with van der Waals surface area (Å²) in [5, 5.41) is 15.4. The molecule has 288 valence electrons. The molecular formula is C49H40N8O2. The molecule has 10 heteroatoms. The summed E-state index contributed by atoms with van der Waals surface area (Å²) in [6.07, 6.45) is 10.2. The third kappa shape index (κ3) is 8.52. The molecule has 0 bridgehead atoms. The van der Waals surface area contributed by atoms with Crippen LogP contribution in [0.25, 0.3) is 76.5 Å². The van der Waals surface area contributed by atoms with E-state index in [2.05, 4.69) is 136 Å². The predicted molar refractivity (Wildman–Crippen MR) is 235 cm³/mol. The Morgan fingerprint density at radius 1 is 0.441 bits per heavy atom. The summed E-state index contributed by atoms with van der Waals surface area (Å²) in [4.78, 5) is 25.8. The van der Waals surface area contributed by atoms with Crippen LogP contribution in [-0.2, 0) is 0 Å². The minimum absolute atomic E-state index is 0.606. The van der Waals surface area contributed by atoms with Crippen molar-refractivity contribution in [1.82, 2.24) is 40.1 Å². The van der Waals surface area contributed by atoms with Crippen LogP contribution in [0.2, 0.25) is 0 Å². The van der Waals surface area contributed by atoms with Gasteiger partial charge in [0.1, 0.15) is 12.1 Å². The van der Waals surface area contributed by atoms with E-state index in [-0.39, 0.29) is 0 Å². The molecule has 0 N–H and O–H groups in total. The first-order valence-corrected chi connectivity index (χ1v) is 19.1. The highest BCUT2D eigenvalue weighted by Gasteiger charge is 2.20. The minimum atomic E-state index is 0.606. The quantitative estimate of drug-likeness (QED) is 0.137. The molecule has 0 fully saturated rings. The molecular weight excluding hydrogens is 733 g/mol. The normalized spacial score (nSPS) is 10.8. The van der Waals surface area contributed by atoms with E-state index < -0.39 is 0 Å². The molecule has 0 atom stereocenters. The average molecular weight is 773 g/mol. The molecule has 0 unspecified atom stereocenters. The Labute approximate surface area is 340 Å². The van der Waals surface area contributed by atoms with Crippen LogP contribution >= 0.6 is 0 Å². The topological polar surface area (TPSA) is 129 Å². The van der Waals surface area contributed by atoms with E-state index in [4.69, 9.17) is 4.42 Å². The molecule has 0 amide bonds. The van der Waals surface area contributed by atoms with Crippen LogP contribution in [0.15, 0.2) is 162 Å². The number of aromatic nitrogens is 8. The maximum atomic E-state index is 4.72. The lowest BCUT2D eigenvalue weighted by atomic mass is 10.0. The van der Waals surface area contributed by atoms with E-state index in [1.807, 2.05) is 63.6 Å². The standard InChI is InChI=1S/C16H11N.2C13H10N2.C4H5NO.C3H4N2O/c1-10-8-14-12-6-2-4-11-5-3-7-13(16(11)12)15(14)9-17-10;1-9-4-5-11-7-6-10-3-2-8-14-12(10)13(11)15-9;1-9-14-8-11-7-6-10-4-2-3-5-12(10)13(11)15-9;1-4-5-2-3-6-4;1-3-5-4-2-6-3/h2-9H,1H3;2*2-8H,1H3;2-3H,1H3;2H,1H3. The highest BCUT2D eigenvalue weighted by molar-refractivity contribution is 6.15. The average Bonchev–Trinajstić information content (AvgIpc) is 4.03. The van der Waals surface area contributed by atoms with E-state index in [1.54, 1.807) is 26.3 Å². The van der Waals surface area contributed by atoms with Crippen molar-refractivity contribution in [2.24, 2.45) is 0 Å². The van der Waals surface area contributed by atoms with Gasteiger partial charge < -0.3 is 8.83 Å². The van der Waals surface area contributed by atoms with E-state index in [9.17, 15) is 0 Å². The van der Waals surface area contributed by atoms with Gasteiger partial charge in [-0.25, -0.2) is 15.0 Å². The van der Waals surface area contributed by atoms with Gasteiger partial charge in [-0.1, -0.05) is 97.1 Å². The third-order valence-electron chi connectivity index (χ3n) is 9.72. The molecule has 6 heterocycles. The Morgan fingerprint density at radius 2 is 1.15 bits per heavy atom. The summed E-state index contributed by atoms with van der Waals surface area (Å²) in [6, 6.07) is 39.9. The van der Waals surface area contributed by atoms with Gasteiger partial charge in [0.05, 0.1) is 22.7 Å². The minimum Gasteiger partial charge on any atom is -0.449 e. The van der Waals surface area contributed by atoms with Crippen LogP contribution in [0.1, 0.15) is 29.0 Å². The van der Waals surface area contributed by atoms with Gasteiger partial charge in [0.25, 0.3) is 0 Å². The lowest BCUT2D eigenvalue weighted by Gasteiger charge is -2.02. The number of aryl methyl sites for hydroxylation is 5. The Hall–Kier alpha value is -7.72. The summed E-state index contributed by atoms with van der Waals surface area (Å²) in [5.41, 5.74) is 10.4. The van der Waals surface area contributed by atoms with Crippen molar-refractivity contribution < 1.29 is 8.83 Å². The highest BCUT2D eigenvalue weighted by atomic mass is 16.4. The third-order valence-corrected chi connectivity index (χ3v) is 9.72. The van der Waals surface area contributed by atoms with Crippen molar-refractivity contribution in [3.63, 3.8) is 0 Å². The van der Waals surface area contributed by atoms with Gasteiger partial charge in [-0.3, -0.25) is 15.0 Å². The van der Waals surface area contributed by atoms with Crippen LogP contribution in [0.3, 0.4) is 0 Å². The van der Waals surface area contributed by atoms with Gasteiger partial charge in [-0.2, -0.15) is 0 Å². The second kappa shape index (κ2) is 17.2. The van der Waals surface area contributed by atoms with Gasteiger partial charge in [0.2, 0.25) is 12.3 Å². The molecule has 0 aliphatic heterocycles. The molecule has 11 aromatic rings. The van der Waals surface area contributed by atoms with Crippen LogP contribution in [0.5, 0.6) is 0 Å². The Bertz CT molecular complexity index is 3030. The van der Waals surface area contributed by atoms with E-state index in [1.165, 1.54) is 50.2 Å². The molecule has 10 nitrogen and oxygen atoms in total. The highest BCUT2D eigenvalue weighted by Crippen LogP contribution is 2.46. The van der Waals surface area contributed by atoms with Crippen molar-refractivity contribution in [2.75, 3.05) is 0 Å². The van der Waals surface area contributed by atoms with E-state index in [0.29, 0.717) is 5.89 Å². The van der Waals surface area contributed by atoms with Crippen molar-refractivity contribution in [3.05, 3.63) is 182 Å². The van der Waals surface area contributed by atoms with Gasteiger partial charge >= 0.3 is 0 Å². The molecule has 1 aliphatic rings. The Morgan fingerprint density at radius 3 is 1.86 bits per heavy atom. The number of oxazole rings is 1. The summed E-state index contributed by atoms with van der Waals surface area (Å²) in [7, 11) is 0. The number of pyridine rings is 3. The zero-order valence-electron chi connectivity index (χ0n) is 33.3. The summed E-state index contributed by atoms with van der Waals surface area (Å²) in [5.74, 6) is 2.14. The molecule has 12 rings (SSSR count). The number of hydrogen-bond acceptors (Lipinski definition) is 10. The number of nitrogens with zero attached hydrogens (tertiary/aromatic N) is 8. The van der Waals surface area contributed by atoms with Crippen LogP contribution in [0.4, 0.5) is 0 Å². The Kier molecular flexibility index (Phi) is 11.1. The maximum absolute atomic E-state index is 4.72. The van der Waals surface area contributed by atoms with Gasteiger partial charge in [0, 0.05) is 70.9 Å². The maximum Gasteiger partial charge on any atom is 0.213 e. The monoisotopic (exact) mass is 772 g/mol. The first-order chi connectivity index (χ1) is 28.8. The molecule has 6 aromatic heterocycles. The van der Waals surface area contributed by atoms with Crippen molar-refractivity contribution in [1.29, 1.82) is 0 Å². The zero-order chi connectivity index (χ0) is 40.7. The molecule has 0 spiro atoms. The van der Waals surface area contributed by atoms with Crippen molar-refractivity contribution in [3.8, 4) is 22.3 Å². The summed E-state index contributed by atoms with van der Waals surface area (Å²) >= 11 is 0. The fourth-order valence-electron chi connectivity index (χ4n) is 6.99. The van der Waals surface area contributed by atoms with E-state index >= 15 is 0 Å². The first-order valence-electron chi connectivity index (χ1n) is 19.1. The van der Waals surface area contributed by atoms with Crippen molar-refractivity contribution >= 4 is 54.3 Å². The zero-order valence-corrected chi connectivity index (χ0v) is 33.3. The van der Waals surface area contributed by atoms with Gasteiger partial charge in [-0.05, 0) is 71.8 Å². The second-order valence-corrected chi connectivity index (χ2v) is 13.9. The predicted octanol–water partition coefficient (Wildman–Crippen LogP) is 11.7. The lowest BCUT2D eigenvalue weighted by Crippen LogP contribution is -1.88. The smallest absolute Gasteiger partial charge is 0.213 e. The lowest BCUT2D eigenvalue weighted by molar-refractivity contribution is 0.518. The van der Waals surface area contributed by atoms with Crippen LogP contribution < -0.4 is 0 Å². The molecule has 1 aliphatic carbocycles. The molecule has 0 saturated heterocycles. The summed E-state index contributed by atoms with van der Waals surface area (Å²) < 4.78 is 9.33. The fourth-order valence-corrected chi connectivity index (χ4v) is 6.99. The number of benzene rings is 5. The fraction of sp³-hybridized carbons (Fsp3) is 0.102. The molecule has 5 aromatic carbocycles. The van der Waals surface area contributed by atoms with E-state index in [0.717, 1.165) is 55.8 Å². The largest absolute Gasteiger partial charge is 0.449 e. The van der Waals surface area contributed by atoms with Crippen molar-refractivity contribution in [2.45, 2.75) is 34.6 Å². The van der Waals surface area contributed by atoms with Crippen LogP contribution in [-0.4, -0.2) is 40.1 Å². The SMILES string of the molecule is Cc1cc2c(cn1)-c1cccc3cccc-2c13.Cc1ccc2ccc3cccnc3c2n1.Cc1ncc2ccc3ccccc3c2n1.Cc1ncco1.Cc1nnco1. The Balaban J connectivity index is 0.000000108. The van der Waals surface area contributed by atoms with Gasteiger partial charge in [0.15, 0.2) is 5.89 Å². The van der Waals surface area contributed by atoms with Crippen LogP contribution in [0, 0.1) is 34.6 Å². The molecule has 0 saturated carbocycles. The first kappa shape index (κ1) is 38.2. The molecule has 0 radical (unpaired) electrons.